The average Bonchev–Trinajstić information content (AvgIpc) is 3.11. The van der Waals surface area contributed by atoms with Crippen LogP contribution in [0.3, 0.4) is 0 Å². The molecule has 1 fully saturated rings. The van der Waals surface area contributed by atoms with Crippen LogP contribution in [0.25, 0.3) is 16.6 Å². The number of alkyl halides is 3. The van der Waals surface area contributed by atoms with Gasteiger partial charge in [-0.25, -0.2) is 0 Å². The van der Waals surface area contributed by atoms with Crippen LogP contribution in [0.15, 0.2) is 36.5 Å². The van der Waals surface area contributed by atoms with Crippen molar-refractivity contribution in [2.75, 3.05) is 32.7 Å². The van der Waals surface area contributed by atoms with Crippen LogP contribution in [-0.2, 0) is 0 Å². The number of benzene rings is 1. The topological polar surface area (TPSA) is 24.3 Å². The van der Waals surface area contributed by atoms with E-state index in [1.807, 2.05) is 19.2 Å². The van der Waals surface area contributed by atoms with Crippen LogP contribution in [0.5, 0.6) is 0 Å². The molecule has 0 radical (unpaired) electrons. The second-order valence-electron chi connectivity index (χ2n) is 9.54. The molecule has 1 atom stereocenters. The summed E-state index contributed by atoms with van der Waals surface area (Å²) >= 11 is 0. The van der Waals surface area contributed by atoms with Gasteiger partial charge in [0.25, 0.3) is 0 Å². The van der Waals surface area contributed by atoms with E-state index in [0.29, 0.717) is 32.1 Å². The molecule has 4 nitrogen and oxygen atoms in total. The maximum Gasteiger partial charge on any atom is 0.401 e. The number of pyridine rings is 1. The molecule has 7 heteroatoms. The van der Waals surface area contributed by atoms with E-state index in [-0.39, 0.29) is 6.04 Å². The summed E-state index contributed by atoms with van der Waals surface area (Å²) < 4.78 is 40.5. The van der Waals surface area contributed by atoms with Gasteiger partial charge < -0.3 is 4.57 Å². The highest BCUT2D eigenvalue weighted by molar-refractivity contribution is 5.85. The molecule has 3 aromatic rings. The molecule has 0 spiro atoms. The van der Waals surface area contributed by atoms with Gasteiger partial charge in [-0.15, -0.1) is 0 Å². The summed E-state index contributed by atoms with van der Waals surface area (Å²) in [4.78, 5) is 8.30. The Labute approximate surface area is 194 Å². The Morgan fingerprint density at radius 3 is 2.30 bits per heavy atom. The Hall–Kier alpha value is -2.38. The van der Waals surface area contributed by atoms with Gasteiger partial charge in [-0.2, -0.15) is 13.2 Å². The van der Waals surface area contributed by atoms with E-state index in [9.17, 15) is 13.2 Å². The molecule has 1 saturated heterocycles. The predicted molar refractivity (Wildman–Crippen MR) is 127 cm³/mol. The number of hydrogen-bond acceptors (Lipinski definition) is 3. The minimum atomic E-state index is -4.14. The fourth-order valence-electron chi connectivity index (χ4n) is 5.01. The molecule has 1 unspecified atom stereocenters. The van der Waals surface area contributed by atoms with Crippen molar-refractivity contribution in [3.8, 4) is 5.69 Å². The maximum atomic E-state index is 12.7. The Balaban J connectivity index is 1.66. The Morgan fingerprint density at radius 2 is 1.70 bits per heavy atom. The third-order valence-corrected chi connectivity index (χ3v) is 6.84. The van der Waals surface area contributed by atoms with Crippen molar-refractivity contribution in [3.05, 3.63) is 59.0 Å². The van der Waals surface area contributed by atoms with Crippen LogP contribution in [0, 0.1) is 13.8 Å². The predicted octanol–water partition coefficient (Wildman–Crippen LogP) is 6.01. The number of aromatic nitrogens is 2. The molecule has 2 aromatic heterocycles. The van der Waals surface area contributed by atoms with Gasteiger partial charge in [-0.05, 0) is 68.1 Å². The molecular formula is C26H33F3N4. The highest BCUT2D eigenvalue weighted by Crippen LogP contribution is 2.34. The highest BCUT2D eigenvalue weighted by atomic mass is 19.4. The van der Waals surface area contributed by atoms with Gasteiger partial charge in [0.05, 0.1) is 23.4 Å². The summed E-state index contributed by atoms with van der Waals surface area (Å²) in [6.07, 6.45) is -2.32. The molecule has 4 rings (SSSR count). The van der Waals surface area contributed by atoms with E-state index in [2.05, 4.69) is 66.4 Å². The molecule has 33 heavy (non-hydrogen) atoms. The van der Waals surface area contributed by atoms with Crippen molar-refractivity contribution < 1.29 is 13.2 Å². The van der Waals surface area contributed by atoms with Crippen LogP contribution in [0.4, 0.5) is 13.2 Å². The number of fused-ring (bicyclic) bond motifs is 1. The van der Waals surface area contributed by atoms with Gasteiger partial charge in [-0.1, -0.05) is 13.8 Å². The largest absolute Gasteiger partial charge is 0.401 e. The first kappa shape index (κ1) is 23.8. The first-order valence-electron chi connectivity index (χ1n) is 11.7. The van der Waals surface area contributed by atoms with Gasteiger partial charge in [0.1, 0.15) is 0 Å². The summed E-state index contributed by atoms with van der Waals surface area (Å²) in [5, 5.41) is 1.19. The molecule has 0 bridgehead atoms. The van der Waals surface area contributed by atoms with Gasteiger partial charge in [-0.3, -0.25) is 14.8 Å². The lowest BCUT2D eigenvalue weighted by Gasteiger charge is -2.38. The monoisotopic (exact) mass is 458 g/mol. The fourth-order valence-corrected chi connectivity index (χ4v) is 5.01. The van der Waals surface area contributed by atoms with Crippen molar-refractivity contribution >= 4 is 10.9 Å². The number of halogens is 3. The highest BCUT2D eigenvalue weighted by Gasteiger charge is 2.33. The van der Waals surface area contributed by atoms with E-state index < -0.39 is 12.7 Å². The fraction of sp³-hybridized carbons (Fsp3) is 0.500. The Kier molecular flexibility index (Phi) is 6.56. The molecule has 0 amide bonds. The molecule has 1 aliphatic rings. The van der Waals surface area contributed by atoms with Gasteiger partial charge in [0, 0.05) is 49.5 Å². The summed E-state index contributed by atoms with van der Waals surface area (Å²) in [5.74, 6) is 0.347. The molecule has 178 valence electrons. The number of hydrogen-bond donors (Lipinski definition) is 0. The van der Waals surface area contributed by atoms with Gasteiger partial charge in [0.2, 0.25) is 0 Å². The minimum Gasteiger partial charge on any atom is -0.312 e. The standard InChI is InChI=1S/C26H33F3N4/c1-17(2)24-15-21-14-22(20(5)32-11-9-31(10-12-32)16-26(27,28)29)18(3)13-25(21)33(24)23-7-6-8-30-19(23)4/h6-8,13-15,17,20H,9-12,16H2,1-5H3. The minimum absolute atomic E-state index is 0.147. The Bertz CT molecular complexity index is 1120. The van der Waals surface area contributed by atoms with E-state index >= 15 is 0 Å². The molecule has 1 aliphatic heterocycles. The zero-order valence-corrected chi connectivity index (χ0v) is 20.1. The number of aryl methyl sites for hydroxylation is 2. The number of nitrogens with zero attached hydrogens (tertiary/aromatic N) is 4. The van der Waals surface area contributed by atoms with Crippen LogP contribution in [0.1, 0.15) is 55.2 Å². The molecule has 0 saturated carbocycles. The van der Waals surface area contributed by atoms with E-state index in [1.165, 1.54) is 32.6 Å². The molecule has 0 N–H and O–H groups in total. The Morgan fingerprint density at radius 1 is 1.00 bits per heavy atom. The molecule has 0 aliphatic carbocycles. The lowest BCUT2D eigenvalue weighted by atomic mass is 9.98. The summed E-state index contributed by atoms with van der Waals surface area (Å²) in [6.45, 7) is 12.1. The van der Waals surface area contributed by atoms with Crippen molar-refractivity contribution in [2.24, 2.45) is 0 Å². The quantitative estimate of drug-likeness (QED) is 0.468. The SMILES string of the molecule is Cc1cc2c(cc1C(C)N1CCN(CC(F)(F)F)CC1)cc(C(C)C)n2-c1cccnc1C. The average molecular weight is 459 g/mol. The van der Waals surface area contributed by atoms with Crippen LogP contribution >= 0.6 is 0 Å². The first-order valence-corrected chi connectivity index (χ1v) is 11.7. The van der Waals surface area contributed by atoms with Gasteiger partial charge >= 0.3 is 6.18 Å². The van der Waals surface area contributed by atoms with E-state index in [0.717, 1.165) is 11.4 Å². The maximum absolute atomic E-state index is 12.7. The summed E-state index contributed by atoms with van der Waals surface area (Å²) in [5.41, 5.74) is 6.93. The zero-order chi connectivity index (χ0) is 23.9. The first-order chi connectivity index (χ1) is 15.5. The third kappa shape index (κ3) is 4.94. The third-order valence-electron chi connectivity index (χ3n) is 6.84. The van der Waals surface area contributed by atoms with Crippen LogP contribution in [-0.4, -0.2) is 58.3 Å². The molecular weight excluding hydrogens is 425 g/mol. The van der Waals surface area contributed by atoms with Gasteiger partial charge in [0.15, 0.2) is 0 Å². The summed E-state index contributed by atoms with van der Waals surface area (Å²) in [7, 11) is 0. The number of rotatable bonds is 5. The normalized spacial score (nSPS) is 17.2. The van der Waals surface area contributed by atoms with E-state index in [1.54, 1.807) is 0 Å². The lowest BCUT2D eigenvalue weighted by molar-refractivity contribution is -0.149. The summed E-state index contributed by atoms with van der Waals surface area (Å²) in [6, 6.07) is 11.0. The van der Waals surface area contributed by atoms with Crippen molar-refractivity contribution in [3.63, 3.8) is 0 Å². The molecule has 1 aromatic carbocycles. The lowest BCUT2D eigenvalue weighted by Crippen LogP contribution is -2.49. The van der Waals surface area contributed by atoms with Crippen LogP contribution in [0.2, 0.25) is 0 Å². The second-order valence-corrected chi connectivity index (χ2v) is 9.54. The van der Waals surface area contributed by atoms with Crippen molar-refractivity contribution in [1.82, 2.24) is 19.4 Å². The zero-order valence-electron chi connectivity index (χ0n) is 20.1. The van der Waals surface area contributed by atoms with E-state index in [4.69, 9.17) is 0 Å². The smallest absolute Gasteiger partial charge is 0.312 e. The number of piperazine rings is 1. The second kappa shape index (κ2) is 9.11. The molecule has 3 heterocycles. The van der Waals surface area contributed by atoms with Crippen molar-refractivity contribution in [1.29, 1.82) is 0 Å². The van der Waals surface area contributed by atoms with Crippen molar-refractivity contribution in [2.45, 2.75) is 52.8 Å². The van der Waals surface area contributed by atoms with Crippen LogP contribution < -0.4 is 0 Å².